The fourth-order valence-electron chi connectivity index (χ4n) is 1.69. The predicted octanol–water partition coefficient (Wildman–Crippen LogP) is 3.62. The van der Waals surface area contributed by atoms with E-state index in [2.05, 4.69) is 0 Å². The molecule has 0 unspecified atom stereocenters. The molecule has 0 heterocycles. The zero-order chi connectivity index (χ0) is 15.0. The second-order valence-electron chi connectivity index (χ2n) is 4.08. The minimum absolute atomic E-state index is 0.307. The number of alkyl halides is 3. The van der Waals surface area contributed by atoms with E-state index in [1.54, 1.807) is 0 Å². The minimum atomic E-state index is -4.44. The zero-order valence-corrected chi connectivity index (χ0v) is 10.7. The van der Waals surface area contributed by atoms with Crippen molar-refractivity contribution in [2.24, 2.45) is 0 Å². The molecule has 2 aromatic rings. The monoisotopic (exact) mass is 302 g/mol. The van der Waals surface area contributed by atoms with Gasteiger partial charge in [-0.3, -0.25) is 4.55 Å². The lowest BCUT2D eigenvalue weighted by atomic mass is 10.0. The van der Waals surface area contributed by atoms with Crippen molar-refractivity contribution in [3.63, 3.8) is 0 Å². The summed E-state index contributed by atoms with van der Waals surface area (Å²) < 4.78 is 68.3. The smallest absolute Gasteiger partial charge is 0.282 e. The molecule has 0 bridgehead atoms. The normalized spacial score (nSPS) is 12.4. The Balaban J connectivity index is 2.43. The lowest BCUT2D eigenvalue weighted by Crippen LogP contribution is -2.04. The van der Waals surface area contributed by atoms with Crippen LogP contribution in [-0.2, 0) is 16.3 Å². The van der Waals surface area contributed by atoms with Gasteiger partial charge in [0.2, 0.25) is 0 Å². The van der Waals surface area contributed by atoms with Crippen LogP contribution < -0.4 is 0 Å². The number of hydrogen-bond donors (Lipinski definition) is 1. The van der Waals surface area contributed by atoms with Gasteiger partial charge >= 0.3 is 6.18 Å². The third-order valence-corrected chi connectivity index (χ3v) is 3.54. The van der Waals surface area contributed by atoms with E-state index in [1.165, 1.54) is 24.3 Å². The van der Waals surface area contributed by atoms with E-state index < -0.39 is 21.9 Å². The van der Waals surface area contributed by atoms with E-state index in [0.717, 1.165) is 24.3 Å². The molecular weight excluding hydrogens is 293 g/mol. The Morgan fingerprint density at radius 2 is 1.50 bits per heavy atom. The van der Waals surface area contributed by atoms with Crippen molar-refractivity contribution in [2.75, 3.05) is 0 Å². The molecule has 1 N–H and O–H groups in total. The summed E-state index contributed by atoms with van der Waals surface area (Å²) in [5, 5.41) is 0. The van der Waals surface area contributed by atoms with Crippen LogP contribution in [-0.4, -0.2) is 13.0 Å². The SMILES string of the molecule is O=S(=O)(O)c1ccc(-c2cccc(C(F)(F)F)c2)cc1. The number of benzene rings is 2. The van der Waals surface area contributed by atoms with Gasteiger partial charge in [-0.05, 0) is 35.4 Å². The molecule has 2 aromatic carbocycles. The Morgan fingerprint density at radius 1 is 0.900 bits per heavy atom. The van der Waals surface area contributed by atoms with Crippen LogP contribution in [0.1, 0.15) is 5.56 Å². The predicted molar refractivity (Wildman–Crippen MR) is 66.7 cm³/mol. The van der Waals surface area contributed by atoms with Gasteiger partial charge < -0.3 is 0 Å². The highest BCUT2D eigenvalue weighted by Gasteiger charge is 2.30. The molecule has 2 rings (SSSR count). The molecule has 0 radical (unpaired) electrons. The van der Waals surface area contributed by atoms with E-state index in [4.69, 9.17) is 4.55 Å². The molecular formula is C13H9F3O3S. The van der Waals surface area contributed by atoms with Gasteiger partial charge in [-0.15, -0.1) is 0 Å². The van der Waals surface area contributed by atoms with E-state index >= 15 is 0 Å². The summed E-state index contributed by atoms with van der Waals surface area (Å²) in [5.41, 5.74) is -0.0564. The Kier molecular flexibility index (Phi) is 3.58. The molecule has 0 saturated heterocycles. The maximum Gasteiger partial charge on any atom is 0.416 e. The van der Waals surface area contributed by atoms with Crippen LogP contribution in [0.25, 0.3) is 11.1 Å². The maximum absolute atomic E-state index is 12.6. The minimum Gasteiger partial charge on any atom is -0.282 e. The molecule has 3 nitrogen and oxygen atoms in total. The number of halogens is 3. The third-order valence-electron chi connectivity index (χ3n) is 2.68. The van der Waals surface area contributed by atoms with E-state index in [1.807, 2.05) is 0 Å². The molecule has 0 amide bonds. The molecule has 106 valence electrons. The van der Waals surface area contributed by atoms with Gasteiger partial charge in [0, 0.05) is 0 Å². The summed E-state index contributed by atoms with van der Waals surface area (Å²) >= 11 is 0. The molecule has 7 heteroatoms. The van der Waals surface area contributed by atoms with Crippen molar-refractivity contribution in [3.8, 4) is 11.1 Å². The molecule has 0 atom stereocenters. The van der Waals surface area contributed by atoms with Gasteiger partial charge in [-0.25, -0.2) is 0 Å². The summed E-state index contributed by atoms with van der Waals surface area (Å²) in [6, 6.07) is 9.61. The van der Waals surface area contributed by atoms with E-state index in [-0.39, 0.29) is 4.90 Å². The van der Waals surface area contributed by atoms with Gasteiger partial charge in [-0.2, -0.15) is 21.6 Å². The standard InChI is InChI=1S/C13H9F3O3S/c14-13(15,16)11-3-1-2-10(8-11)9-4-6-12(7-5-9)20(17,18)19/h1-8H,(H,17,18,19). The first-order chi connectivity index (χ1) is 9.18. The second kappa shape index (κ2) is 4.92. The topological polar surface area (TPSA) is 54.4 Å². The lowest BCUT2D eigenvalue weighted by molar-refractivity contribution is -0.137. The summed E-state index contributed by atoms with van der Waals surface area (Å²) in [6.45, 7) is 0. The van der Waals surface area contributed by atoms with Crippen LogP contribution in [0.15, 0.2) is 53.4 Å². The second-order valence-corrected chi connectivity index (χ2v) is 5.50. The fourth-order valence-corrected chi connectivity index (χ4v) is 2.17. The summed E-state index contributed by atoms with van der Waals surface area (Å²) in [7, 11) is -4.31. The Labute approximate surface area is 113 Å². The van der Waals surface area contributed by atoms with Crippen LogP contribution in [0.5, 0.6) is 0 Å². The first-order valence-electron chi connectivity index (χ1n) is 5.43. The van der Waals surface area contributed by atoms with Crippen LogP contribution in [0.3, 0.4) is 0 Å². The Bertz CT molecular complexity index is 719. The van der Waals surface area contributed by atoms with Gasteiger partial charge in [0.05, 0.1) is 10.5 Å². The number of rotatable bonds is 2. The fraction of sp³-hybridized carbons (Fsp3) is 0.0769. The third kappa shape index (κ3) is 3.17. The first-order valence-corrected chi connectivity index (χ1v) is 6.87. The van der Waals surface area contributed by atoms with Crippen molar-refractivity contribution in [3.05, 3.63) is 54.1 Å². The molecule has 0 aliphatic rings. The highest BCUT2D eigenvalue weighted by atomic mass is 32.2. The zero-order valence-electron chi connectivity index (χ0n) is 9.92. The highest BCUT2D eigenvalue weighted by Crippen LogP contribution is 2.32. The number of hydrogen-bond acceptors (Lipinski definition) is 2. The molecule has 0 spiro atoms. The van der Waals surface area contributed by atoms with E-state index in [9.17, 15) is 21.6 Å². The molecule has 0 saturated carbocycles. The average Bonchev–Trinajstić information content (AvgIpc) is 2.37. The summed E-state index contributed by atoms with van der Waals surface area (Å²) in [5.74, 6) is 0. The summed E-state index contributed by atoms with van der Waals surface area (Å²) in [4.78, 5) is -0.312. The van der Waals surface area contributed by atoms with Gasteiger partial charge in [0.1, 0.15) is 0 Å². The molecule has 0 aromatic heterocycles. The van der Waals surface area contributed by atoms with Crippen molar-refractivity contribution in [2.45, 2.75) is 11.1 Å². The van der Waals surface area contributed by atoms with Crippen LogP contribution >= 0.6 is 0 Å². The molecule has 20 heavy (non-hydrogen) atoms. The molecule has 0 aliphatic carbocycles. The first kappa shape index (κ1) is 14.5. The van der Waals surface area contributed by atoms with Crippen LogP contribution in [0, 0.1) is 0 Å². The highest BCUT2D eigenvalue weighted by molar-refractivity contribution is 7.85. The quantitative estimate of drug-likeness (QED) is 0.862. The van der Waals surface area contributed by atoms with Gasteiger partial charge in [0.15, 0.2) is 0 Å². The maximum atomic E-state index is 12.6. The van der Waals surface area contributed by atoms with Gasteiger partial charge in [0.25, 0.3) is 10.1 Å². The van der Waals surface area contributed by atoms with Crippen molar-refractivity contribution < 1.29 is 26.1 Å². The van der Waals surface area contributed by atoms with Crippen LogP contribution in [0.2, 0.25) is 0 Å². The molecule has 0 fully saturated rings. The average molecular weight is 302 g/mol. The van der Waals surface area contributed by atoms with Gasteiger partial charge in [-0.1, -0.05) is 24.3 Å². The van der Waals surface area contributed by atoms with Crippen molar-refractivity contribution in [1.29, 1.82) is 0 Å². The summed E-state index contributed by atoms with van der Waals surface area (Å²) in [6.07, 6.45) is -4.44. The van der Waals surface area contributed by atoms with Crippen molar-refractivity contribution >= 4 is 10.1 Å². The Hall–Kier alpha value is -1.86. The van der Waals surface area contributed by atoms with E-state index in [0.29, 0.717) is 11.1 Å². The lowest BCUT2D eigenvalue weighted by Gasteiger charge is -2.09. The Morgan fingerprint density at radius 3 is 2.00 bits per heavy atom. The largest absolute Gasteiger partial charge is 0.416 e. The van der Waals surface area contributed by atoms with Crippen LogP contribution in [0.4, 0.5) is 13.2 Å². The molecule has 0 aliphatic heterocycles. The van der Waals surface area contributed by atoms with Crippen molar-refractivity contribution in [1.82, 2.24) is 0 Å².